The molecule has 0 spiro atoms. The number of rotatable bonds is 3. The van der Waals surface area contributed by atoms with Crippen molar-refractivity contribution in [2.45, 2.75) is 33.1 Å². The first-order valence-corrected chi connectivity index (χ1v) is 6.33. The van der Waals surface area contributed by atoms with Gasteiger partial charge in [-0.2, -0.15) is 0 Å². The summed E-state index contributed by atoms with van der Waals surface area (Å²) in [6.45, 7) is 6.29. The molecule has 0 unspecified atom stereocenters. The van der Waals surface area contributed by atoms with Crippen molar-refractivity contribution >= 4 is 5.97 Å². The van der Waals surface area contributed by atoms with Gasteiger partial charge in [0.15, 0.2) is 0 Å². The lowest BCUT2D eigenvalue weighted by Gasteiger charge is -2.03. The van der Waals surface area contributed by atoms with Crippen molar-refractivity contribution in [3.8, 4) is 11.1 Å². The summed E-state index contributed by atoms with van der Waals surface area (Å²) < 4.78 is 0. The maximum Gasteiger partial charge on any atom is 0.336 e. The van der Waals surface area contributed by atoms with Crippen LogP contribution in [0.15, 0.2) is 30.3 Å². The third-order valence-corrected chi connectivity index (χ3v) is 3.39. The van der Waals surface area contributed by atoms with Crippen LogP contribution in [0.4, 0.5) is 0 Å². The minimum absolute atomic E-state index is 0.391. The summed E-state index contributed by atoms with van der Waals surface area (Å²) in [7, 11) is 0. The van der Waals surface area contributed by atoms with Crippen LogP contribution in [0, 0.1) is 0 Å². The summed E-state index contributed by atoms with van der Waals surface area (Å²) >= 11 is 0. The largest absolute Gasteiger partial charge is 0.478 e. The second-order valence-electron chi connectivity index (χ2n) is 4.89. The first kappa shape index (κ1) is 12.6. The van der Waals surface area contributed by atoms with E-state index in [9.17, 15) is 9.90 Å². The summed E-state index contributed by atoms with van der Waals surface area (Å²) in [5.41, 5.74) is 4.60. The molecule has 0 atom stereocenters. The van der Waals surface area contributed by atoms with Crippen molar-refractivity contribution in [2.24, 2.45) is 0 Å². The maximum absolute atomic E-state index is 11.3. The molecule has 0 radical (unpaired) electrons. The first-order valence-electron chi connectivity index (χ1n) is 6.33. The van der Waals surface area contributed by atoms with Crippen molar-refractivity contribution in [3.05, 3.63) is 47.0 Å². The Labute approximate surface area is 108 Å². The van der Waals surface area contributed by atoms with Gasteiger partial charge in [-0.3, -0.25) is 0 Å². The number of carbonyl (C=O) groups is 1. The Bertz CT molecular complexity index is 555. The molecule has 0 saturated carbocycles. The molecule has 2 aliphatic carbocycles. The third kappa shape index (κ3) is 2.10. The summed E-state index contributed by atoms with van der Waals surface area (Å²) in [4.78, 5) is 11.3. The number of hydrogen-bond donors (Lipinski definition) is 1. The third-order valence-electron chi connectivity index (χ3n) is 3.39. The van der Waals surface area contributed by atoms with Crippen molar-refractivity contribution in [1.82, 2.24) is 0 Å². The molecular weight excluding hydrogens is 224 g/mol. The highest BCUT2D eigenvalue weighted by atomic mass is 16.4. The first-order chi connectivity index (χ1) is 8.54. The van der Waals surface area contributed by atoms with Gasteiger partial charge in [0, 0.05) is 0 Å². The van der Waals surface area contributed by atoms with Crippen LogP contribution in [0.25, 0.3) is 11.1 Å². The van der Waals surface area contributed by atoms with E-state index in [1.807, 2.05) is 18.2 Å². The predicted molar refractivity (Wildman–Crippen MR) is 73.5 cm³/mol. The van der Waals surface area contributed by atoms with Crippen LogP contribution in [0.1, 0.15) is 48.2 Å². The highest BCUT2D eigenvalue weighted by molar-refractivity contribution is 5.99. The second kappa shape index (κ2) is 4.81. The van der Waals surface area contributed by atoms with Gasteiger partial charge < -0.3 is 5.11 Å². The number of hydrogen-bond acceptors (Lipinski definition) is 1. The van der Waals surface area contributed by atoms with Gasteiger partial charge in [-0.1, -0.05) is 45.0 Å². The van der Waals surface area contributed by atoms with Crippen LogP contribution in [-0.2, 0) is 6.42 Å². The van der Waals surface area contributed by atoms with E-state index in [1.165, 1.54) is 5.56 Å². The normalized spacial score (nSPS) is 11.1. The molecule has 2 heteroatoms. The van der Waals surface area contributed by atoms with Gasteiger partial charge in [-0.05, 0) is 40.7 Å². The van der Waals surface area contributed by atoms with E-state index in [0.29, 0.717) is 11.5 Å². The molecule has 2 rings (SSSR count). The molecule has 1 N–H and O–H groups in total. The predicted octanol–water partition coefficient (Wildman–Crippen LogP) is 4.18. The van der Waals surface area contributed by atoms with E-state index < -0.39 is 5.97 Å². The molecule has 94 valence electrons. The monoisotopic (exact) mass is 242 g/mol. The Morgan fingerprint density at radius 3 is 2.50 bits per heavy atom. The summed E-state index contributed by atoms with van der Waals surface area (Å²) in [6, 6.07) is 9.92. The minimum Gasteiger partial charge on any atom is -0.478 e. The van der Waals surface area contributed by atoms with Crippen LogP contribution in [0.2, 0.25) is 0 Å². The Balaban J connectivity index is 2.72. The lowest BCUT2D eigenvalue weighted by molar-refractivity contribution is 0.0698. The zero-order valence-electron chi connectivity index (χ0n) is 11.0. The number of aromatic carboxylic acids is 1. The molecule has 0 aromatic rings. The number of aryl methyl sites for hydroxylation is 1. The SMILES string of the molecule is CCc1cc(C(=O)O)c2cc(C(C)C)cccc1-2. The molecule has 18 heavy (non-hydrogen) atoms. The standard InChI is InChI=1S/C16H18O2/c1-4-11-8-15(16(17)18)14-9-12(10(2)3)6-5-7-13(11)14/h5-10H,4H2,1-3H3,(H,17,18). The van der Waals surface area contributed by atoms with E-state index in [-0.39, 0.29) is 0 Å². The zero-order valence-corrected chi connectivity index (χ0v) is 11.0. The van der Waals surface area contributed by atoms with Gasteiger partial charge in [0.05, 0.1) is 5.56 Å². The quantitative estimate of drug-likeness (QED) is 0.876. The Morgan fingerprint density at radius 2 is 1.94 bits per heavy atom. The average molecular weight is 242 g/mol. The highest BCUT2D eigenvalue weighted by Gasteiger charge is 2.19. The topological polar surface area (TPSA) is 37.3 Å². The van der Waals surface area contributed by atoms with Gasteiger partial charge in [-0.15, -0.1) is 0 Å². The van der Waals surface area contributed by atoms with E-state index in [0.717, 1.165) is 23.1 Å². The number of carboxylic acid groups (broad SMARTS) is 1. The smallest absolute Gasteiger partial charge is 0.336 e. The van der Waals surface area contributed by atoms with Gasteiger partial charge in [0.1, 0.15) is 0 Å². The Hall–Kier alpha value is -1.83. The van der Waals surface area contributed by atoms with E-state index in [1.54, 1.807) is 6.07 Å². The van der Waals surface area contributed by atoms with Crippen LogP contribution in [0.5, 0.6) is 0 Å². The molecule has 2 nitrogen and oxygen atoms in total. The van der Waals surface area contributed by atoms with E-state index >= 15 is 0 Å². The maximum atomic E-state index is 11.3. The molecule has 0 aliphatic heterocycles. The molecule has 0 aromatic carbocycles. The van der Waals surface area contributed by atoms with Crippen LogP contribution in [-0.4, -0.2) is 11.1 Å². The Kier molecular flexibility index (Phi) is 3.37. The molecular formula is C16H18O2. The van der Waals surface area contributed by atoms with Crippen LogP contribution < -0.4 is 0 Å². The van der Waals surface area contributed by atoms with Crippen molar-refractivity contribution in [1.29, 1.82) is 0 Å². The molecule has 0 amide bonds. The summed E-state index contributed by atoms with van der Waals surface area (Å²) in [5, 5.41) is 9.30. The van der Waals surface area contributed by atoms with Crippen molar-refractivity contribution < 1.29 is 9.90 Å². The molecule has 0 aromatic heterocycles. The van der Waals surface area contributed by atoms with Gasteiger partial charge >= 0.3 is 5.97 Å². The minimum atomic E-state index is -0.847. The summed E-state index contributed by atoms with van der Waals surface area (Å²) in [6.07, 6.45) is 0.852. The summed E-state index contributed by atoms with van der Waals surface area (Å²) in [5.74, 6) is -0.456. The number of carboxylic acids is 1. The van der Waals surface area contributed by atoms with E-state index in [2.05, 4.69) is 26.8 Å². The fraction of sp³-hybridized carbons (Fsp3) is 0.312. The van der Waals surface area contributed by atoms with Gasteiger partial charge in [-0.25, -0.2) is 4.79 Å². The molecule has 0 bridgehead atoms. The fourth-order valence-electron chi connectivity index (χ4n) is 2.30. The van der Waals surface area contributed by atoms with Gasteiger partial charge in [0.2, 0.25) is 0 Å². The van der Waals surface area contributed by atoms with Crippen LogP contribution >= 0.6 is 0 Å². The molecule has 2 aliphatic rings. The highest BCUT2D eigenvalue weighted by Crippen LogP contribution is 2.34. The zero-order chi connectivity index (χ0) is 13.3. The van der Waals surface area contributed by atoms with E-state index in [4.69, 9.17) is 0 Å². The molecule has 0 heterocycles. The van der Waals surface area contributed by atoms with Gasteiger partial charge in [0.25, 0.3) is 0 Å². The number of fused-ring (bicyclic) bond motifs is 1. The van der Waals surface area contributed by atoms with Crippen molar-refractivity contribution in [2.75, 3.05) is 0 Å². The molecule has 0 saturated heterocycles. The van der Waals surface area contributed by atoms with Crippen LogP contribution in [0.3, 0.4) is 0 Å². The molecule has 0 fully saturated rings. The fourth-order valence-corrected chi connectivity index (χ4v) is 2.30. The lowest BCUT2D eigenvalue weighted by atomic mass is 10.0. The lowest BCUT2D eigenvalue weighted by Crippen LogP contribution is -1.95. The second-order valence-corrected chi connectivity index (χ2v) is 4.89. The average Bonchev–Trinajstić information content (AvgIpc) is 2.52. The van der Waals surface area contributed by atoms with Crippen molar-refractivity contribution in [3.63, 3.8) is 0 Å². The Morgan fingerprint density at radius 1 is 1.22 bits per heavy atom.